The summed E-state index contributed by atoms with van der Waals surface area (Å²) in [6, 6.07) is 3.20. The number of rotatable bonds is 7. The quantitative estimate of drug-likeness (QED) is 0.556. The summed E-state index contributed by atoms with van der Waals surface area (Å²) < 4.78 is 15.8. The highest BCUT2D eigenvalue weighted by Gasteiger charge is 2.19. The van der Waals surface area contributed by atoms with Gasteiger partial charge in [-0.05, 0) is 20.2 Å². The number of hydrogen-bond acceptors (Lipinski definition) is 6. The Balaban J connectivity index is 1.79. The van der Waals surface area contributed by atoms with Gasteiger partial charge >= 0.3 is 0 Å². The number of nitrogen functional groups attached to an aromatic ring is 1. The molecule has 0 saturated carbocycles. The van der Waals surface area contributed by atoms with Crippen molar-refractivity contribution in [1.82, 2.24) is 10.2 Å². The molecule has 0 atom stereocenters. The molecule has 0 radical (unpaired) electrons. The molecular weight excluding hydrogens is 274 g/mol. The van der Waals surface area contributed by atoms with Crippen molar-refractivity contribution >= 4 is 11.6 Å². The third kappa shape index (κ3) is 4.24. The molecule has 0 bridgehead atoms. The number of benzene rings is 1. The number of hydrogen-bond donors (Lipinski definition) is 2. The minimum absolute atomic E-state index is 0.152. The zero-order valence-electron chi connectivity index (χ0n) is 12.3. The zero-order chi connectivity index (χ0) is 15.2. The summed E-state index contributed by atoms with van der Waals surface area (Å²) in [4.78, 5) is 14.1. The number of anilines is 1. The Bertz CT molecular complexity index is 505. The monoisotopic (exact) mass is 295 g/mol. The lowest BCUT2D eigenvalue weighted by Crippen LogP contribution is -2.29. The standard InChI is InChI=1S/C14H21N3O4/c1-17(2)4-6-19-5-3-16-14(18)10-7-12-13(8-11(10)15)21-9-20-12/h7-8H,3-6,9,15H2,1-2H3,(H,16,18). The number of amides is 1. The van der Waals surface area contributed by atoms with E-state index in [9.17, 15) is 4.79 Å². The fraction of sp³-hybridized carbons (Fsp3) is 0.500. The fourth-order valence-electron chi connectivity index (χ4n) is 1.84. The molecule has 1 aliphatic rings. The van der Waals surface area contributed by atoms with E-state index in [2.05, 4.69) is 5.32 Å². The average molecular weight is 295 g/mol. The van der Waals surface area contributed by atoms with Crippen molar-refractivity contribution in [1.29, 1.82) is 0 Å². The highest BCUT2D eigenvalue weighted by Crippen LogP contribution is 2.35. The van der Waals surface area contributed by atoms with Gasteiger partial charge in [0.05, 0.1) is 18.8 Å². The predicted molar refractivity (Wildman–Crippen MR) is 78.7 cm³/mol. The van der Waals surface area contributed by atoms with Crippen LogP contribution in [0.15, 0.2) is 12.1 Å². The van der Waals surface area contributed by atoms with Crippen LogP contribution in [0.25, 0.3) is 0 Å². The average Bonchev–Trinajstić information content (AvgIpc) is 2.88. The van der Waals surface area contributed by atoms with Gasteiger partial charge in [0, 0.05) is 24.8 Å². The normalized spacial score (nSPS) is 12.7. The largest absolute Gasteiger partial charge is 0.454 e. The molecule has 0 aliphatic carbocycles. The lowest BCUT2D eigenvalue weighted by atomic mass is 10.1. The van der Waals surface area contributed by atoms with Crippen LogP contribution in [0.1, 0.15) is 10.4 Å². The molecule has 7 heteroatoms. The molecule has 21 heavy (non-hydrogen) atoms. The zero-order valence-corrected chi connectivity index (χ0v) is 12.3. The molecule has 1 aliphatic heterocycles. The predicted octanol–water partition coefficient (Wildman–Crippen LogP) is 0.306. The first-order valence-electron chi connectivity index (χ1n) is 6.77. The maximum absolute atomic E-state index is 12.1. The summed E-state index contributed by atoms with van der Waals surface area (Å²) in [6.07, 6.45) is 0. The van der Waals surface area contributed by atoms with E-state index in [1.807, 2.05) is 19.0 Å². The Kier molecular flexibility index (Phi) is 5.24. The molecule has 0 saturated heterocycles. The second-order valence-corrected chi connectivity index (χ2v) is 4.96. The number of likely N-dealkylation sites (N-methyl/N-ethyl adjacent to an activating group) is 1. The summed E-state index contributed by atoms with van der Waals surface area (Å²) >= 11 is 0. The summed E-state index contributed by atoms with van der Waals surface area (Å²) in [5, 5.41) is 2.77. The van der Waals surface area contributed by atoms with Gasteiger partial charge in [0.15, 0.2) is 11.5 Å². The smallest absolute Gasteiger partial charge is 0.253 e. The van der Waals surface area contributed by atoms with Crippen molar-refractivity contribution in [2.75, 3.05) is 52.9 Å². The first kappa shape index (κ1) is 15.4. The molecule has 1 aromatic carbocycles. The third-order valence-electron chi connectivity index (χ3n) is 3.00. The van der Waals surface area contributed by atoms with E-state index in [0.717, 1.165) is 6.54 Å². The summed E-state index contributed by atoms with van der Waals surface area (Å²) in [6.45, 7) is 2.53. The Hall–Kier alpha value is -1.99. The second kappa shape index (κ2) is 7.14. The Labute approximate surface area is 123 Å². The van der Waals surface area contributed by atoms with Crippen LogP contribution in [0, 0.1) is 0 Å². The fourth-order valence-corrected chi connectivity index (χ4v) is 1.84. The van der Waals surface area contributed by atoms with E-state index in [1.54, 1.807) is 12.1 Å². The molecule has 1 aromatic rings. The van der Waals surface area contributed by atoms with Crippen molar-refractivity contribution in [2.24, 2.45) is 0 Å². The summed E-state index contributed by atoms with van der Waals surface area (Å²) in [5.74, 6) is 0.856. The van der Waals surface area contributed by atoms with E-state index in [0.29, 0.717) is 42.5 Å². The third-order valence-corrected chi connectivity index (χ3v) is 3.00. The van der Waals surface area contributed by atoms with Gasteiger partial charge in [-0.2, -0.15) is 0 Å². The van der Waals surface area contributed by atoms with Crippen molar-refractivity contribution in [3.8, 4) is 11.5 Å². The molecular formula is C14H21N3O4. The number of carbonyl (C=O) groups is 1. The lowest BCUT2D eigenvalue weighted by Gasteiger charge is -2.11. The Morgan fingerprint density at radius 3 is 2.76 bits per heavy atom. The summed E-state index contributed by atoms with van der Waals surface area (Å²) in [5.41, 5.74) is 6.59. The lowest BCUT2D eigenvalue weighted by molar-refractivity contribution is 0.0900. The van der Waals surface area contributed by atoms with Crippen molar-refractivity contribution in [2.45, 2.75) is 0 Å². The molecule has 1 amide bonds. The van der Waals surface area contributed by atoms with Crippen LogP contribution >= 0.6 is 0 Å². The molecule has 1 heterocycles. The van der Waals surface area contributed by atoms with E-state index >= 15 is 0 Å². The number of nitrogens with zero attached hydrogens (tertiary/aromatic N) is 1. The van der Waals surface area contributed by atoms with E-state index < -0.39 is 0 Å². The highest BCUT2D eigenvalue weighted by molar-refractivity contribution is 6.00. The summed E-state index contributed by atoms with van der Waals surface area (Å²) in [7, 11) is 3.96. The van der Waals surface area contributed by atoms with Gasteiger partial charge in [-0.25, -0.2) is 0 Å². The number of fused-ring (bicyclic) bond motifs is 1. The van der Waals surface area contributed by atoms with Crippen molar-refractivity contribution < 1.29 is 19.0 Å². The number of ether oxygens (including phenoxy) is 3. The molecule has 0 unspecified atom stereocenters. The molecule has 7 nitrogen and oxygen atoms in total. The van der Waals surface area contributed by atoms with Gasteiger partial charge in [0.1, 0.15) is 0 Å². The number of nitrogens with two attached hydrogens (primary N) is 1. The van der Waals surface area contributed by atoms with Crippen LogP contribution in [-0.4, -0.2) is 58.0 Å². The van der Waals surface area contributed by atoms with Gasteiger partial charge < -0.3 is 30.2 Å². The van der Waals surface area contributed by atoms with Gasteiger partial charge in [-0.15, -0.1) is 0 Å². The van der Waals surface area contributed by atoms with E-state index in [4.69, 9.17) is 19.9 Å². The first-order chi connectivity index (χ1) is 10.1. The van der Waals surface area contributed by atoms with E-state index in [-0.39, 0.29) is 12.7 Å². The van der Waals surface area contributed by atoms with Crippen LogP contribution < -0.4 is 20.5 Å². The first-order valence-corrected chi connectivity index (χ1v) is 6.77. The van der Waals surface area contributed by atoms with E-state index in [1.165, 1.54) is 0 Å². The second-order valence-electron chi connectivity index (χ2n) is 4.96. The minimum atomic E-state index is -0.248. The maximum Gasteiger partial charge on any atom is 0.253 e. The van der Waals surface area contributed by atoms with Gasteiger partial charge in [-0.1, -0.05) is 0 Å². The van der Waals surface area contributed by atoms with Crippen molar-refractivity contribution in [3.05, 3.63) is 17.7 Å². The molecule has 0 spiro atoms. The minimum Gasteiger partial charge on any atom is -0.454 e. The Morgan fingerprint density at radius 2 is 2.05 bits per heavy atom. The SMILES string of the molecule is CN(C)CCOCCNC(=O)c1cc2c(cc1N)OCO2. The maximum atomic E-state index is 12.1. The number of nitrogens with one attached hydrogen (secondary N) is 1. The topological polar surface area (TPSA) is 86.1 Å². The van der Waals surface area contributed by atoms with Crippen molar-refractivity contribution in [3.63, 3.8) is 0 Å². The Morgan fingerprint density at radius 1 is 1.33 bits per heavy atom. The molecule has 116 valence electrons. The molecule has 2 rings (SSSR count). The van der Waals surface area contributed by atoms with Crippen LogP contribution in [0.4, 0.5) is 5.69 Å². The van der Waals surface area contributed by atoms with Gasteiger partial charge in [-0.3, -0.25) is 4.79 Å². The van der Waals surface area contributed by atoms with Gasteiger partial charge in [0.25, 0.3) is 5.91 Å². The van der Waals surface area contributed by atoms with Crippen LogP contribution in [-0.2, 0) is 4.74 Å². The molecule has 0 aromatic heterocycles. The molecule has 3 N–H and O–H groups in total. The van der Waals surface area contributed by atoms with Crippen LogP contribution in [0.3, 0.4) is 0 Å². The highest BCUT2D eigenvalue weighted by atomic mass is 16.7. The van der Waals surface area contributed by atoms with Crippen LogP contribution in [0.2, 0.25) is 0 Å². The molecule has 0 fully saturated rings. The van der Waals surface area contributed by atoms with Gasteiger partial charge in [0.2, 0.25) is 6.79 Å². The number of carbonyl (C=O) groups excluding carboxylic acids is 1. The van der Waals surface area contributed by atoms with Crippen LogP contribution in [0.5, 0.6) is 11.5 Å².